The maximum Gasteiger partial charge on any atom is 0.276 e. The molecule has 7 nitrogen and oxygen atoms in total. The molecule has 1 aliphatic rings. The zero-order chi connectivity index (χ0) is 17.8. The number of halogens is 1. The van der Waals surface area contributed by atoms with Crippen molar-refractivity contribution in [1.29, 1.82) is 0 Å². The second-order valence-corrected chi connectivity index (χ2v) is 6.13. The summed E-state index contributed by atoms with van der Waals surface area (Å²) in [6.45, 7) is 1.34. The highest BCUT2D eigenvalue weighted by molar-refractivity contribution is 6.30. The van der Waals surface area contributed by atoms with Crippen LogP contribution < -0.4 is 9.47 Å². The Morgan fingerprint density at radius 1 is 1.40 bits per heavy atom. The van der Waals surface area contributed by atoms with Gasteiger partial charge in [-0.2, -0.15) is 0 Å². The molecule has 0 bridgehead atoms. The van der Waals surface area contributed by atoms with Gasteiger partial charge in [-0.1, -0.05) is 16.8 Å². The fraction of sp³-hybridized carbons (Fsp3) is 0.412. The van der Waals surface area contributed by atoms with E-state index in [1.54, 1.807) is 36.2 Å². The Kier molecular flexibility index (Phi) is 5.45. The topological polar surface area (TPSA) is 74.0 Å². The molecule has 1 aliphatic heterocycles. The Labute approximate surface area is 150 Å². The van der Waals surface area contributed by atoms with Gasteiger partial charge in [-0.15, -0.1) is 0 Å². The molecule has 134 valence electrons. The van der Waals surface area contributed by atoms with Crippen molar-refractivity contribution < 1.29 is 23.5 Å². The van der Waals surface area contributed by atoms with Crippen molar-refractivity contribution in [1.82, 2.24) is 10.1 Å². The lowest BCUT2D eigenvalue weighted by Crippen LogP contribution is -2.37. The molecular weight excluding hydrogens is 348 g/mol. The molecule has 8 heteroatoms. The number of rotatable bonds is 6. The lowest BCUT2D eigenvalue weighted by atomic mass is 10.2. The minimum atomic E-state index is -0.199. The van der Waals surface area contributed by atoms with Gasteiger partial charge >= 0.3 is 0 Å². The van der Waals surface area contributed by atoms with E-state index in [4.69, 9.17) is 30.3 Å². The molecular formula is C17H19ClN2O5. The number of amides is 1. The second kappa shape index (κ2) is 7.76. The Morgan fingerprint density at radius 3 is 2.96 bits per heavy atom. The highest BCUT2D eigenvalue weighted by Gasteiger charge is 2.27. The molecule has 1 atom stereocenters. The van der Waals surface area contributed by atoms with E-state index in [1.165, 1.54) is 7.11 Å². The summed E-state index contributed by atoms with van der Waals surface area (Å²) >= 11 is 5.92. The van der Waals surface area contributed by atoms with Crippen molar-refractivity contribution in [3.05, 3.63) is 40.7 Å². The van der Waals surface area contributed by atoms with Crippen molar-refractivity contribution in [3.63, 3.8) is 0 Å². The third-order valence-corrected chi connectivity index (χ3v) is 4.28. The number of benzene rings is 1. The summed E-state index contributed by atoms with van der Waals surface area (Å²) in [6, 6.07) is 6.72. The summed E-state index contributed by atoms with van der Waals surface area (Å²) in [5, 5.41) is 4.39. The molecule has 25 heavy (non-hydrogen) atoms. The molecule has 1 aromatic heterocycles. The van der Waals surface area contributed by atoms with Crippen molar-refractivity contribution in [2.75, 3.05) is 27.4 Å². The van der Waals surface area contributed by atoms with Crippen molar-refractivity contribution in [2.24, 2.45) is 0 Å². The number of aromatic nitrogens is 1. The van der Waals surface area contributed by atoms with Crippen LogP contribution in [0.2, 0.25) is 5.02 Å². The first-order valence-corrected chi connectivity index (χ1v) is 8.23. The molecule has 2 heterocycles. The van der Waals surface area contributed by atoms with Gasteiger partial charge in [0.1, 0.15) is 6.61 Å². The molecule has 1 fully saturated rings. The first kappa shape index (κ1) is 17.6. The van der Waals surface area contributed by atoms with Gasteiger partial charge in [0.25, 0.3) is 5.91 Å². The minimum Gasteiger partial charge on any atom is -0.493 e. The number of hydrogen-bond acceptors (Lipinski definition) is 6. The average molecular weight is 367 g/mol. The summed E-state index contributed by atoms with van der Waals surface area (Å²) in [5.74, 6) is 1.28. The fourth-order valence-electron chi connectivity index (χ4n) is 2.57. The van der Waals surface area contributed by atoms with Gasteiger partial charge in [0.15, 0.2) is 23.0 Å². The van der Waals surface area contributed by atoms with E-state index in [2.05, 4.69) is 5.16 Å². The summed E-state index contributed by atoms with van der Waals surface area (Å²) in [4.78, 5) is 14.1. The number of nitrogens with zero attached hydrogens (tertiary/aromatic N) is 2. The number of carbonyl (C=O) groups is 1. The van der Waals surface area contributed by atoms with E-state index in [1.807, 2.05) is 0 Å². The van der Waals surface area contributed by atoms with E-state index < -0.39 is 0 Å². The van der Waals surface area contributed by atoms with Crippen LogP contribution in [0, 0.1) is 0 Å². The Balaban J connectivity index is 1.63. The van der Waals surface area contributed by atoms with E-state index in [-0.39, 0.29) is 24.2 Å². The van der Waals surface area contributed by atoms with Crippen molar-refractivity contribution >= 4 is 17.5 Å². The van der Waals surface area contributed by atoms with Gasteiger partial charge in [-0.05, 0) is 18.6 Å². The van der Waals surface area contributed by atoms with Gasteiger partial charge < -0.3 is 23.6 Å². The normalized spacial score (nSPS) is 16.7. The maximum atomic E-state index is 12.4. The Morgan fingerprint density at radius 2 is 2.24 bits per heavy atom. The van der Waals surface area contributed by atoms with Crippen LogP contribution in [0.4, 0.5) is 0 Å². The monoisotopic (exact) mass is 366 g/mol. The first-order valence-electron chi connectivity index (χ1n) is 7.85. The number of methoxy groups -OCH3 is 1. The van der Waals surface area contributed by atoms with E-state index in [9.17, 15) is 4.79 Å². The zero-order valence-electron chi connectivity index (χ0n) is 14.0. The third-order valence-electron chi connectivity index (χ3n) is 4.05. The Hall–Kier alpha value is -2.25. The molecule has 0 radical (unpaired) electrons. The minimum absolute atomic E-state index is 0.0715. The third kappa shape index (κ3) is 4.05. The number of carbonyl (C=O) groups excluding carboxylic acids is 1. The van der Waals surface area contributed by atoms with Crippen LogP contribution in [0.1, 0.15) is 22.7 Å². The number of hydrogen-bond donors (Lipinski definition) is 0. The predicted molar refractivity (Wildman–Crippen MR) is 90.2 cm³/mol. The van der Waals surface area contributed by atoms with Crippen LogP contribution in [0.3, 0.4) is 0 Å². The standard InChI is InChI=1S/C17H19ClN2O5/c1-20(12-5-6-23-9-12)17(21)14-8-13(25-19-14)10-24-15-4-3-11(18)7-16(15)22-2/h3-4,7-8,12H,5-6,9-10H2,1-2H3/t12-/m1/s1. The smallest absolute Gasteiger partial charge is 0.276 e. The highest BCUT2D eigenvalue weighted by atomic mass is 35.5. The average Bonchev–Trinajstić information content (AvgIpc) is 3.31. The van der Waals surface area contributed by atoms with Crippen LogP contribution in [0.5, 0.6) is 11.5 Å². The lowest BCUT2D eigenvalue weighted by molar-refractivity contribution is 0.0700. The molecule has 1 amide bonds. The summed E-state index contributed by atoms with van der Waals surface area (Å²) in [5.41, 5.74) is 0.246. The quantitative estimate of drug-likeness (QED) is 0.782. The van der Waals surface area contributed by atoms with Crippen LogP contribution in [-0.4, -0.2) is 49.4 Å². The van der Waals surface area contributed by atoms with Gasteiger partial charge in [0.05, 0.1) is 19.8 Å². The number of ether oxygens (including phenoxy) is 3. The summed E-state index contributed by atoms with van der Waals surface area (Å²) in [6.07, 6.45) is 0.826. The van der Waals surface area contributed by atoms with Gasteiger partial charge in [0, 0.05) is 30.8 Å². The Bertz CT molecular complexity index is 742. The summed E-state index contributed by atoms with van der Waals surface area (Å²) < 4.78 is 21.4. The summed E-state index contributed by atoms with van der Waals surface area (Å²) in [7, 11) is 3.28. The SMILES string of the molecule is COc1cc(Cl)ccc1OCc1cc(C(=O)N(C)[C@@H]2CCOC2)no1. The van der Waals surface area contributed by atoms with Crippen LogP contribution in [0.15, 0.2) is 28.8 Å². The molecule has 1 saturated heterocycles. The molecule has 2 aromatic rings. The molecule has 0 saturated carbocycles. The second-order valence-electron chi connectivity index (χ2n) is 5.70. The lowest BCUT2D eigenvalue weighted by Gasteiger charge is -2.21. The van der Waals surface area contributed by atoms with Crippen LogP contribution in [0.25, 0.3) is 0 Å². The van der Waals surface area contributed by atoms with Gasteiger partial charge in [-0.25, -0.2) is 0 Å². The van der Waals surface area contributed by atoms with Crippen LogP contribution in [-0.2, 0) is 11.3 Å². The van der Waals surface area contributed by atoms with Crippen molar-refractivity contribution in [2.45, 2.75) is 19.1 Å². The molecule has 0 N–H and O–H groups in total. The van der Waals surface area contributed by atoms with Gasteiger partial charge in [0.2, 0.25) is 0 Å². The molecule has 0 unspecified atom stereocenters. The van der Waals surface area contributed by atoms with E-state index >= 15 is 0 Å². The predicted octanol–water partition coefficient (Wildman–Crippen LogP) is 2.78. The fourth-order valence-corrected chi connectivity index (χ4v) is 2.73. The van der Waals surface area contributed by atoms with Crippen LogP contribution >= 0.6 is 11.6 Å². The van der Waals surface area contributed by atoms with E-state index in [0.717, 1.165) is 6.42 Å². The van der Waals surface area contributed by atoms with Crippen molar-refractivity contribution in [3.8, 4) is 11.5 Å². The van der Waals surface area contributed by atoms with E-state index in [0.29, 0.717) is 35.5 Å². The molecule has 1 aromatic carbocycles. The molecule has 0 aliphatic carbocycles. The molecule has 0 spiro atoms. The maximum absolute atomic E-state index is 12.4. The largest absolute Gasteiger partial charge is 0.493 e. The highest BCUT2D eigenvalue weighted by Crippen LogP contribution is 2.30. The van der Waals surface area contributed by atoms with Gasteiger partial charge in [-0.3, -0.25) is 4.79 Å². The molecule has 3 rings (SSSR count). The zero-order valence-corrected chi connectivity index (χ0v) is 14.8. The first-order chi connectivity index (χ1) is 12.1. The number of likely N-dealkylation sites (N-methyl/N-ethyl adjacent to an activating group) is 1.